The molecule has 0 aromatic heterocycles. The van der Waals surface area contributed by atoms with E-state index < -0.39 is 0 Å². The van der Waals surface area contributed by atoms with E-state index in [1.54, 1.807) is 0 Å². The summed E-state index contributed by atoms with van der Waals surface area (Å²) in [5, 5.41) is 2.66. The molecule has 0 nitrogen and oxygen atoms in total. The van der Waals surface area contributed by atoms with E-state index in [9.17, 15) is 0 Å². The van der Waals surface area contributed by atoms with Crippen LogP contribution < -0.4 is 0 Å². The summed E-state index contributed by atoms with van der Waals surface area (Å²) in [5.74, 6) is 0. The van der Waals surface area contributed by atoms with Crippen molar-refractivity contribution in [1.82, 2.24) is 0 Å². The van der Waals surface area contributed by atoms with Crippen molar-refractivity contribution in [3.05, 3.63) is 130 Å². The molecule has 1 unspecified atom stereocenters. The molecule has 2 aliphatic rings. The van der Waals surface area contributed by atoms with Crippen LogP contribution >= 0.6 is 0 Å². The maximum absolute atomic E-state index is 2.48. The van der Waals surface area contributed by atoms with Gasteiger partial charge in [0.05, 0.1) is 0 Å². The van der Waals surface area contributed by atoms with E-state index in [0.717, 1.165) is 12.8 Å². The Balaban J connectivity index is 1.37. The average Bonchev–Trinajstić information content (AvgIpc) is 3.27. The van der Waals surface area contributed by atoms with E-state index >= 15 is 0 Å². The molecule has 0 bridgehead atoms. The predicted octanol–water partition coefficient (Wildman–Crippen LogP) is 9.37. The predicted molar refractivity (Wildman–Crippen MR) is 153 cm³/mol. The monoisotopic (exact) mass is 464 g/mol. The van der Waals surface area contributed by atoms with Crippen molar-refractivity contribution in [3.8, 4) is 22.3 Å². The largest absolute Gasteiger partial charge is 0.0619 e. The summed E-state index contributed by atoms with van der Waals surface area (Å²) in [6.45, 7) is 9.45. The Bertz CT molecular complexity index is 1680. The minimum Gasteiger partial charge on any atom is -0.0619 e. The van der Waals surface area contributed by atoms with Gasteiger partial charge in [-0.1, -0.05) is 111 Å². The third-order valence-corrected chi connectivity index (χ3v) is 9.13. The van der Waals surface area contributed by atoms with Crippen molar-refractivity contribution in [2.45, 2.75) is 51.4 Å². The van der Waals surface area contributed by atoms with Gasteiger partial charge in [0.2, 0.25) is 0 Å². The minimum atomic E-state index is -0.0168. The molecule has 5 aromatic rings. The van der Waals surface area contributed by atoms with Gasteiger partial charge in [0.1, 0.15) is 0 Å². The molecule has 1 atom stereocenters. The van der Waals surface area contributed by atoms with Crippen LogP contribution in [-0.2, 0) is 17.3 Å². The van der Waals surface area contributed by atoms with Crippen molar-refractivity contribution in [1.29, 1.82) is 0 Å². The molecule has 2 aliphatic carbocycles. The standard InChI is InChI=1S/C36H32/c1-23-16-17-27-29-21-25-10-5-6-11-26(25)22-33(29)36(4,32(27)20-23)19-18-24-12-9-15-31-34(24)28-13-7-8-14-30(28)35(31,2)3/h5-17,20-22H,18-19H2,1-4H3. The normalized spacial score (nSPS) is 18.6. The zero-order valence-electron chi connectivity index (χ0n) is 21.7. The molecule has 0 saturated carbocycles. The number of fused-ring (bicyclic) bond motifs is 7. The molecule has 0 fully saturated rings. The quantitative estimate of drug-likeness (QED) is 0.249. The fraction of sp³-hybridized carbons (Fsp3) is 0.222. The molecule has 176 valence electrons. The van der Waals surface area contributed by atoms with Crippen LogP contribution in [0.15, 0.2) is 97.1 Å². The molecular formula is C36H32. The van der Waals surface area contributed by atoms with Crippen molar-refractivity contribution in [2.75, 3.05) is 0 Å². The summed E-state index contributed by atoms with van der Waals surface area (Å²) in [6.07, 6.45) is 2.15. The van der Waals surface area contributed by atoms with Gasteiger partial charge in [-0.3, -0.25) is 0 Å². The third-order valence-electron chi connectivity index (χ3n) is 9.13. The van der Waals surface area contributed by atoms with Gasteiger partial charge in [0.15, 0.2) is 0 Å². The molecule has 7 rings (SSSR count). The molecule has 0 saturated heterocycles. The summed E-state index contributed by atoms with van der Waals surface area (Å²) in [4.78, 5) is 0. The summed E-state index contributed by atoms with van der Waals surface area (Å²) in [6, 6.07) is 36.8. The van der Waals surface area contributed by atoms with Crippen molar-refractivity contribution in [3.63, 3.8) is 0 Å². The second-order valence-electron chi connectivity index (χ2n) is 11.6. The van der Waals surface area contributed by atoms with Crippen LogP contribution in [0.25, 0.3) is 33.0 Å². The van der Waals surface area contributed by atoms with Crippen LogP contribution in [0.1, 0.15) is 60.6 Å². The number of hydrogen-bond acceptors (Lipinski definition) is 0. The molecular weight excluding hydrogens is 432 g/mol. The summed E-state index contributed by atoms with van der Waals surface area (Å²) >= 11 is 0. The van der Waals surface area contributed by atoms with Crippen molar-refractivity contribution >= 4 is 10.8 Å². The van der Waals surface area contributed by atoms with Crippen LogP contribution in [0.5, 0.6) is 0 Å². The smallest absolute Gasteiger partial charge is 0.0190 e. The lowest BCUT2D eigenvalue weighted by molar-refractivity contribution is 0.533. The molecule has 36 heavy (non-hydrogen) atoms. The van der Waals surface area contributed by atoms with E-state index in [1.165, 1.54) is 66.4 Å². The average molecular weight is 465 g/mol. The highest BCUT2D eigenvalue weighted by Gasteiger charge is 2.40. The fourth-order valence-electron chi connectivity index (χ4n) is 7.11. The van der Waals surface area contributed by atoms with Gasteiger partial charge >= 0.3 is 0 Å². The Labute approximate surface area is 214 Å². The Hall–Kier alpha value is -3.64. The Morgan fingerprint density at radius 3 is 2.08 bits per heavy atom. The van der Waals surface area contributed by atoms with Crippen molar-refractivity contribution < 1.29 is 0 Å². The maximum atomic E-state index is 2.48. The van der Waals surface area contributed by atoms with Gasteiger partial charge in [-0.05, 0) is 92.7 Å². The first-order chi connectivity index (χ1) is 17.4. The zero-order chi connectivity index (χ0) is 24.7. The number of hydrogen-bond donors (Lipinski definition) is 0. The highest BCUT2D eigenvalue weighted by molar-refractivity contribution is 5.93. The SMILES string of the molecule is Cc1ccc2c(c1)C(C)(CCc1cccc3c1-c1ccccc1C3(C)C)c1cc3ccccc3cc1-2. The molecule has 0 heteroatoms. The first-order valence-corrected chi connectivity index (χ1v) is 13.2. The summed E-state index contributed by atoms with van der Waals surface area (Å²) < 4.78 is 0. The van der Waals surface area contributed by atoms with Gasteiger partial charge in [-0.15, -0.1) is 0 Å². The molecule has 0 amide bonds. The molecule has 5 aromatic carbocycles. The second kappa shape index (κ2) is 7.43. The Morgan fingerprint density at radius 1 is 0.556 bits per heavy atom. The maximum Gasteiger partial charge on any atom is 0.0190 e. The second-order valence-corrected chi connectivity index (χ2v) is 11.6. The third kappa shape index (κ3) is 2.88. The lowest BCUT2D eigenvalue weighted by Gasteiger charge is -2.29. The molecule has 0 N–H and O–H groups in total. The van der Waals surface area contributed by atoms with E-state index in [-0.39, 0.29) is 10.8 Å². The van der Waals surface area contributed by atoms with E-state index in [2.05, 4.69) is 125 Å². The van der Waals surface area contributed by atoms with Crippen LogP contribution in [0.3, 0.4) is 0 Å². The highest BCUT2D eigenvalue weighted by atomic mass is 14.4. The van der Waals surface area contributed by atoms with Gasteiger partial charge in [0.25, 0.3) is 0 Å². The number of aryl methyl sites for hydroxylation is 2. The van der Waals surface area contributed by atoms with Crippen molar-refractivity contribution in [2.24, 2.45) is 0 Å². The Morgan fingerprint density at radius 2 is 1.25 bits per heavy atom. The van der Waals surface area contributed by atoms with E-state index in [4.69, 9.17) is 0 Å². The zero-order valence-corrected chi connectivity index (χ0v) is 21.7. The summed E-state index contributed by atoms with van der Waals surface area (Å²) in [5.41, 5.74) is 14.5. The molecule has 0 heterocycles. The highest BCUT2D eigenvalue weighted by Crippen LogP contribution is 2.54. The molecule has 0 spiro atoms. The van der Waals surface area contributed by atoms with Crippen LogP contribution in [-0.4, -0.2) is 0 Å². The summed E-state index contributed by atoms with van der Waals surface area (Å²) in [7, 11) is 0. The van der Waals surface area contributed by atoms with E-state index in [1.807, 2.05) is 0 Å². The first kappa shape index (κ1) is 21.6. The van der Waals surface area contributed by atoms with E-state index in [0.29, 0.717) is 0 Å². The van der Waals surface area contributed by atoms with Gasteiger partial charge in [-0.25, -0.2) is 0 Å². The fourth-order valence-corrected chi connectivity index (χ4v) is 7.11. The van der Waals surface area contributed by atoms with Crippen LogP contribution in [0.4, 0.5) is 0 Å². The Kier molecular flexibility index (Phi) is 4.47. The van der Waals surface area contributed by atoms with Gasteiger partial charge in [-0.2, -0.15) is 0 Å². The number of rotatable bonds is 3. The van der Waals surface area contributed by atoms with Crippen LogP contribution in [0, 0.1) is 6.92 Å². The first-order valence-electron chi connectivity index (χ1n) is 13.2. The van der Waals surface area contributed by atoms with Gasteiger partial charge in [0, 0.05) is 10.8 Å². The lowest BCUT2D eigenvalue weighted by Crippen LogP contribution is -2.22. The minimum absolute atomic E-state index is 0.0168. The topological polar surface area (TPSA) is 0 Å². The molecule has 0 aliphatic heterocycles. The lowest BCUT2D eigenvalue weighted by atomic mass is 9.74. The number of benzene rings is 5. The van der Waals surface area contributed by atoms with Gasteiger partial charge < -0.3 is 0 Å². The van der Waals surface area contributed by atoms with Crippen LogP contribution in [0.2, 0.25) is 0 Å². The molecule has 0 radical (unpaired) electrons.